The number of hydrogen-bond donors (Lipinski definition) is 2. The van der Waals surface area contributed by atoms with Gasteiger partial charge < -0.3 is 18.9 Å². The fourth-order valence-electron chi connectivity index (χ4n) is 5.01. The van der Waals surface area contributed by atoms with E-state index < -0.39 is 20.0 Å². The molecule has 0 saturated carbocycles. The van der Waals surface area contributed by atoms with Crippen molar-refractivity contribution in [3.05, 3.63) is 107 Å². The molecule has 0 saturated heterocycles. The van der Waals surface area contributed by atoms with Crippen LogP contribution in [0.2, 0.25) is 0 Å². The Morgan fingerprint density at radius 3 is 1.13 bits per heavy atom. The average molecular weight is 753 g/mol. The fraction of sp³-hybridized carbons (Fsp3) is 0.400. The molecule has 4 rings (SSSR count). The van der Waals surface area contributed by atoms with E-state index in [-0.39, 0.29) is 71.8 Å². The van der Waals surface area contributed by atoms with Crippen LogP contribution in [0.15, 0.2) is 94.7 Å². The van der Waals surface area contributed by atoms with Gasteiger partial charge in [-0.1, -0.05) is 89.1 Å². The molecular weight excluding hydrogens is 701 g/mol. The zero-order chi connectivity index (χ0) is 38.2. The molecule has 4 aromatic rings. The molecule has 0 atom stereocenters. The zero-order valence-corrected chi connectivity index (χ0v) is 33.0. The average Bonchev–Trinajstić information content (AvgIpc) is 3.06. The van der Waals surface area contributed by atoms with Crippen molar-refractivity contribution in [1.82, 2.24) is 0 Å². The molecule has 0 fully saturated rings. The second-order valence-corrected chi connectivity index (χ2v) is 18.0. The van der Waals surface area contributed by atoms with Crippen LogP contribution in [-0.4, -0.2) is 56.5 Å². The normalized spacial score (nSPS) is 12.4. The van der Waals surface area contributed by atoms with Crippen LogP contribution < -0.4 is 18.9 Å². The van der Waals surface area contributed by atoms with Crippen molar-refractivity contribution < 1.29 is 35.8 Å². The molecule has 0 spiro atoms. The molecule has 0 aliphatic carbocycles. The van der Waals surface area contributed by atoms with Crippen molar-refractivity contribution in [2.24, 2.45) is 0 Å². The van der Waals surface area contributed by atoms with Gasteiger partial charge in [-0.05, 0) is 84.3 Å². The standard InChI is InChI=1S/C40H52N2O8S2/c1-29-9-15-33(16-10-29)41-51(43,44)37-27-31(39(3,4)5)13-19-35(37)49-25-23-47-21-22-48-24-26-50-36-20-14-32(40(6,7)8)28-38(36)52(45,46)42-34-17-11-30(2)12-18-34/h9-20,27-28,41-42H,21-26H2,1-8H3. The quantitative estimate of drug-likeness (QED) is 0.104. The monoisotopic (exact) mass is 752 g/mol. The third kappa shape index (κ3) is 11.7. The van der Waals surface area contributed by atoms with Crippen LogP contribution in [-0.2, 0) is 40.4 Å². The minimum atomic E-state index is -3.94. The molecule has 52 heavy (non-hydrogen) atoms. The van der Waals surface area contributed by atoms with Gasteiger partial charge in [0.2, 0.25) is 0 Å². The molecule has 10 nitrogen and oxygen atoms in total. The molecule has 0 bridgehead atoms. The lowest BCUT2D eigenvalue weighted by Gasteiger charge is -2.22. The summed E-state index contributed by atoms with van der Waals surface area (Å²) in [6.45, 7) is 17.2. The van der Waals surface area contributed by atoms with Crippen molar-refractivity contribution in [2.45, 2.75) is 76.0 Å². The van der Waals surface area contributed by atoms with Crippen molar-refractivity contribution >= 4 is 31.4 Å². The van der Waals surface area contributed by atoms with Gasteiger partial charge in [-0.15, -0.1) is 0 Å². The first kappa shape index (κ1) is 40.7. The molecule has 12 heteroatoms. The summed E-state index contributed by atoms with van der Waals surface area (Å²) in [4.78, 5) is 0.109. The number of hydrogen-bond acceptors (Lipinski definition) is 8. The summed E-state index contributed by atoms with van der Waals surface area (Å²) >= 11 is 0. The molecule has 0 radical (unpaired) electrons. The maximum atomic E-state index is 13.5. The summed E-state index contributed by atoms with van der Waals surface area (Å²) in [6, 6.07) is 24.7. The number of ether oxygens (including phenoxy) is 4. The maximum Gasteiger partial charge on any atom is 0.265 e. The van der Waals surface area contributed by atoms with Gasteiger partial charge in [0.25, 0.3) is 20.0 Å². The molecule has 0 amide bonds. The molecular formula is C40H52N2O8S2. The largest absolute Gasteiger partial charge is 0.490 e. The Balaban J connectivity index is 1.27. The van der Waals surface area contributed by atoms with E-state index >= 15 is 0 Å². The third-order valence-electron chi connectivity index (χ3n) is 8.15. The van der Waals surface area contributed by atoms with Gasteiger partial charge in [0.05, 0.1) is 26.4 Å². The second-order valence-electron chi connectivity index (χ2n) is 14.7. The molecule has 0 heterocycles. The van der Waals surface area contributed by atoms with Gasteiger partial charge in [-0.2, -0.15) is 0 Å². The van der Waals surface area contributed by atoms with Gasteiger partial charge in [-0.3, -0.25) is 9.44 Å². The Morgan fingerprint density at radius 2 is 0.808 bits per heavy atom. The predicted octanol–water partition coefficient (Wildman–Crippen LogP) is 7.99. The van der Waals surface area contributed by atoms with Crippen LogP contribution in [0.1, 0.15) is 63.8 Å². The number of aryl methyl sites for hydroxylation is 2. The van der Waals surface area contributed by atoms with E-state index in [4.69, 9.17) is 18.9 Å². The lowest BCUT2D eigenvalue weighted by Crippen LogP contribution is -2.19. The number of nitrogens with one attached hydrogen (secondary N) is 2. The highest BCUT2D eigenvalue weighted by atomic mass is 32.2. The maximum absolute atomic E-state index is 13.5. The minimum absolute atomic E-state index is 0.0544. The van der Waals surface area contributed by atoms with Crippen LogP contribution in [0, 0.1) is 13.8 Å². The van der Waals surface area contributed by atoms with Crippen molar-refractivity contribution in [2.75, 3.05) is 49.1 Å². The summed E-state index contributed by atoms with van der Waals surface area (Å²) < 4.78 is 82.3. The number of sulfonamides is 2. The highest BCUT2D eigenvalue weighted by Crippen LogP contribution is 2.34. The van der Waals surface area contributed by atoms with E-state index in [0.29, 0.717) is 11.4 Å². The Kier molecular flexibility index (Phi) is 13.4. The highest BCUT2D eigenvalue weighted by molar-refractivity contribution is 7.93. The molecule has 0 aliphatic rings. The lowest BCUT2D eigenvalue weighted by atomic mass is 9.87. The first-order valence-corrected chi connectivity index (χ1v) is 20.2. The molecule has 0 aromatic heterocycles. The number of benzene rings is 4. The van der Waals surface area contributed by atoms with Crippen molar-refractivity contribution in [3.8, 4) is 11.5 Å². The fourth-order valence-corrected chi connectivity index (χ4v) is 7.47. The van der Waals surface area contributed by atoms with Gasteiger partial charge in [0, 0.05) is 11.4 Å². The van der Waals surface area contributed by atoms with Gasteiger partial charge >= 0.3 is 0 Å². The van der Waals surface area contributed by atoms with E-state index in [1.807, 2.05) is 91.8 Å². The number of rotatable bonds is 17. The Bertz CT molecular complexity index is 1850. The molecule has 2 N–H and O–H groups in total. The molecule has 0 aliphatic heterocycles. The van der Waals surface area contributed by atoms with Gasteiger partial charge in [0.1, 0.15) is 34.5 Å². The SMILES string of the molecule is Cc1ccc(NS(=O)(=O)c2cc(C(C)(C)C)ccc2OCCOCCOCCOc2ccc(C(C)(C)C)cc2S(=O)(=O)Nc2ccc(C)cc2)cc1. The van der Waals surface area contributed by atoms with E-state index in [9.17, 15) is 16.8 Å². The summed E-state index contributed by atoms with van der Waals surface area (Å²) in [7, 11) is -7.88. The van der Waals surface area contributed by atoms with Crippen LogP contribution in [0.4, 0.5) is 11.4 Å². The predicted molar refractivity (Wildman–Crippen MR) is 207 cm³/mol. The van der Waals surface area contributed by atoms with E-state index in [2.05, 4.69) is 9.44 Å². The summed E-state index contributed by atoms with van der Waals surface area (Å²) in [6.07, 6.45) is 0. The van der Waals surface area contributed by atoms with E-state index in [1.165, 1.54) is 0 Å². The van der Waals surface area contributed by atoms with Crippen molar-refractivity contribution in [1.29, 1.82) is 0 Å². The summed E-state index contributed by atoms with van der Waals surface area (Å²) in [5, 5.41) is 0. The summed E-state index contributed by atoms with van der Waals surface area (Å²) in [5.74, 6) is 0.464. The summed E-state index contributed by atoms with van der Waals surface area (Å²) in [5.41, 5.74) is 4.16. The Morgan fingerprint density at radius 1 is 0.481 bits per heavy atom. The van der Waals surface area contributed by atoms with Gasteiger partial charge in [0.15, 0.2) is 0 Å². The molecule has 282 valence electrons. The van der Waals surface area contributed by atoms with Crippen LogP contribution in [0.5, 0.6) is 11.5 Å². The Labute approximate surface area is 310 Å². The smallest absolute Gasteiger partial charge is 0.265 e. The highest BCUT2D eigenvalue weighted by Gasteiger charge is 2.26. The lowest BCUT2D eigenvalue weighted by molar-refractivity contribution is 0.0268. The number of anilines is 2. The Hall–Kier alpha value is -4.10. The second kappa shape index (κ2) is 17.2. The topological polar surface area (TPSA) is 129 Å². The van der Waals surface area contributed by atoms with Gasteiger partial charge in [-0.25, -0.2) is 16.8 Å². The molecule has 0 unspecified atom stereocenters. The van der Waals surface area contributed by atoms with Crippen LogP contribution in [0.3, 0.4) is 0 Å². The zero-order valence-electron chi connectivity index (χ0n) is 31.4. The molecule has 4 aromatic carbocycles. The van der Waals surface area contributed by atoms with Crippen LogP contribution >= 0.6 is 0 Å². The third-order valence-corrected chi connectivity index (χ3v) is 11.0. The first-order valence-electron chi connectivity index (χ1n) is 17.2. The minimum Gasteiger partial charge on any atom is -0.490 e. The van der Waals surface area contributed by atoms with E-state index in [1.54, 1.807) is 48.5 Å². The van der Waals surface area contributed by atoms with Crippen LogP contribution in [0.25, 0.3) is 0 Å². The van der Waals surface area contributed by atoms with Crippen molar-refractivity contribution in [3.63, 3.8) is 0 Å². The van der Waals surface area contributed by atoms with E-state index in [0.717, 1.165) is 22.3 Å². The first-order chi connectivity index (χ1) is 24.3.